The zero-order chi connectivity index (χ0) is 22.1. The van der Waals surface area contributed by atoms with Crippen molar-refractivity contribution in [2.75, 3.05) is 12.0 Å². The van der Waals surface area contributed by atoms with E-state index in [1.54, 1.807) is 66.9 Å². The maximum absolute atomic E-state index is 13.1. The molecule has 1 fully saturated rings. The van der Waals surface area contributed by atoms with Gasteiger partial charge in [0.2, 0.25) is 0 Å². The number of Topliss-reactive ketones (excluding diaryl/α,β-unsaturated/α-hetero) is 1. The second-order valence-corrected chi connectivity index (χ2v) is 8.04. The van der Waals surface area contributed by atoms with Crippen molar-refractivity contribution >= 4 is 50.7 Å². The molecule has 1 unspecified atom stereocenters. The summed E-state index contributed by atoms with van der Waals surface area (Å²) in [5.74, 6) is -1.28. The van der Waals surface area contributed by atoms with E-state index in [9.17, 15) is 14.7 Å². The van der Waals surface area contributed by atoms with Gasteiger partial charge < -0.3 is 9.84 Å². The number of hydrogen-bond donors (Lipinski definition) is 1. The first-order chi connectivity index (χ1) is 14.9. The molecule has 1 atom stereocenters. The van der Waals surface area contributed by atoms with Crippen LogP contribution in [0.5, 0.6) is 5.75 Å². The van der Waals surface area contributed by atoms with Crippen molar-refractivity contribution in [3.63, 3.8) is 0 Å². The number of halogens is 2. The minimum atomic E-state index is -0.900. The lowest BCUT2D eigenvalue weighted by molar-refractivity contribution is -0.132. The average molecular weight is 500 g/mol. The van der Waals surface area contributed by atoms with Gasteiger partial charge >= 0.3 is 0 Å². The summed E-state index contributed by atoms with van der Waals surface area (Å²) in [5.41, 5.74) is 1.24. The van der Waals surface area contributed by atoms with Gasteiger partial charge in [0.1, 0.15) is 17.6 Å². The Balaban J connectivity index is 1.92. The van der Waals surface area contributed by atoms with Gasteiger partial charge in [-0.25, -0.2) is 0 Å². The van der Waals surface area contributed by atoms with Gasteiger partial charge in [0.25, 0.3) is 11.7 Å². The highest BCUT2D eigenvalue weighted by molar-refractivity contribution is 9.10. The highest BCUT2D eigenvalue weighted by atomic mass is 79.9. The molecule has 1 saturated heterocycles. The number of benzene rings is 2. The topological polar surface area (TPSA) is 79.7 Å². The molecule has 1 aliphatic heterocycles. The average Bonchev–Trinajstić information content (AvgIpc) is 3.05. The van der Waals surface area contributed by atoms with Crippen molar-refractivity contribution in [1.29, 1.82) is 0 Å². The summed E-state index contributed by atoms with van der Waals surface area (Å²) < 4.78 is 5.82. The van der Waals surface area contributed by atoms with E-state index in [1.165, 1.54) is 12.0 Å². The van der Waals surface area contributed by atoms with Gasteiger partial charge in [-0.3, -0.25) is 19.5 Å². The van der Waals surface area contributed by atoms with Gasteiger partial charge in [-0.1, -0.05) is 17.7 Å². The molecule has 1 aliphatic rings. The third-order valence-corrected chi connectivity index (χ3v) is 5.81. The quantitative estimate of drug-likeness (QED) is 0.306. The lowest BCUT2D eigenvalue weighted by Gasteiger charge is -2.24. The molecule has 1 aromatic heterocycles. The van der Waals surface area contributed by atoms with Crippen LogP contribution in [0.25, 0.3) is 5.76 Å². The smallest absolute Gasteiger partial charge is 0.300 e. The first-order valence-corrected chi connectivity index (χ1v) is 10.4. The van der Waals surface area contributed by atoms with Crippen LogP contribution in [0.4, 0.5) is 5.69 Å². The number of hydrogen-bond acceptors (Lipinski definition) is 5. The number of carbonyl (C=O) groups is 2. The Labute approximate surface area is 191 Å². The molecule has 0 radical (unpaired) electrons. The Morgan fingerprint density at radius 2 is 1.87 bits per heavy atom. The van der Waals surface area contributed by atoms with E-state index in [-0.39, 0.29) is 11.3 Å². The van der Waals surface area contributed by atoms with Gasteiger partial charge in [0.15, 0.2) is 0 Å². The normalized spacial score (nSPS) is 17.8. The fraction of sp³-hybridized carbons (Fsp3) is 0.0870. The molecule has 4 rings (SSSR count). The Kier molecular flexibility index (Phi) is 5.80. The molecule has 31 heavy (non-hydrogen) atoms. The second kappa shape index (κ2) is 8.53. The molecule has 0 saturated carbocycles. The monoisotopic (exact) mass is 498 g/mol. The first kappa shape index (κ1) is 21.1. The number of anilines is 1. The largest absolute Gasteiger partial charge is 0.507 e. The van der Waals surface area contributed by atoms with Crippen molar-refractivity contribution in [2.24, 2.45) is 0 Å². The zero-order valence-corrected chi connectivity index (χ0v) is 18.6. The van der Waals surface area contributed by atoms with E-state index in [0.29, 0.717) is 32.2 Å². The number of rotatable bonds is 4. The van der Waals surface area contributed by atoms with E-state index in [4.69, 9.17) is 16.3 Å². The van der Waals surface area contributed by atoms with Crippen LogP contribution >= 0.6 is 27.5 Å². The number of methoxy groups -OCH3 is 1. The van der Waals surface area contributed by atoms with E-state index in [0.717, 1.165) is 0 Å². The van der Waals surface area contributed by atoms with E-state index in [1.807, 2.05) is 0 Å². The van der Waals surface area contributed by atoms with Crippen LogP contribution in [0.15, 0.2) is 76.9 Å². The van der Waals surface area contributed by atoms with Crippen molar-refractivity contribution in [2.45, 2.75) is 6.04 Å². The number of ether oxygens (including phenoxy) is 1. The summed E-state index contributed by atoms with van der Waals surface area (Å²) in [7, 11) is 1.53. The van der Waals surface area contributed by atoms with Gasteiger partial charge in [-0.2, -0.15) is 0 Å². The lowest BCUT2D eigenvalue weighted by Crippen LogP contribution is -2.29. The number of amides is 1. The number of aliphatic hydroxyl groups excluding tert-OH is 1. The van der Waals surface area contributed by atoms with Gasteiger partial charge in [0.05, 0.1) is 22.8 Å². The number of nitrogens with zero attached hydrogens (tertiary/aromatic N) is 2. The molecule has 8 heteroatoms. The molecule has 2 heterocycles. The number of carbonyl (C=O) groups excluding carboxylic acids is 2. The summed E-state index contributed by atoms with van der Waals surface area (Å²) in [6.45, 7) is 0. The van der Waals surface area contributed by atoms with Crippen LogP contribution in [0.3, 0.4) is 0 Å². The molecular weight excluding hydrogens is 484 g/mol. The van der Waals surface area contributed by atoms with Gasteiger partial charge in [-0.15, -0.1) is 0 Å². The predicted molar refractivity (Wildman–Crippen MR) is 121 cm³/mol. The fourth-order valence-electron chi connectivity index (χ4n) is 3.49. The highest BCUT2D eigenvalue weighted by Gasteiger charge is 2.47. The van der Waals surface area contributed by atoms with Crippen LogP contribution in [0.1, 0.15) is 17.3 Å². The molecule has 156 valence electrons. The molecular formula is C23H16BrClN2O4. The van der Waals surface area contributed by atoms with E-state index in [2.05, 4.69) is 20.9 Å². The molecule has 1 N–H and O–H groups in total. The standard InChI is InChI=1S/C23H16BrClN2O4/c1-31-18-10-5-13(12-16(18)24)21(28)19-20(17-4-2-3-11-26-17)27(23(30)22(19)29)15-8-6-14(25)7-9-15/h2-12,20,28H,1H3/b21-19-. The van der Waals surface area contributed by atoms with E-state index < -0.39 is 17.7 Å². The van der Waals surface area contributed by atoms with Crippen molar-refractivity contribution in [3.8, 4) is 5.75 Å². The number of aliphatic hydroxyl groups is 1. The van der Waals surface area contributed by atoms with Crippen LogP contribution in [0.2, 0.25) is 5.02 Å². The number of aromatic nitrogens is 1. The Hall–Kier alpha value is -3.16. The lowest BCUT2D eigenvalue weighted by atomic mass is 9.98. The van der Waals surface area contributed by atoms with Crippen LogP contribution in [0, 0.1) is 0 Å². The zero-order valence-electron chi connectivity index (χ0n) is 16.3. The van der Waals surface area contributed by atoms with E-state index >= 15 is 0 Å². The minimum absolute atomic E-state index is 0.0456. The Bertz CT molecular complexity index is 1200. The summed E-state index contributed by atoms with van der Waals surface area (Å²) >= 11 is 9.37. The molecule has 1 amide bonds. The minimum Gasteiger partial charge on any atom is -0.507 e. The second-order valence-electron chi connectivity index (χ2n) is 6.75. The Morgan fingerprint density at radius 3 is 2.48 bits per heavy atom. The molecule has 0 bridgehead atoms. The SMILES string of the molecule is COc1ccc(/C(O)=C2/C(=O)C(=O)N(c3ccc(Cl)cc3)C2c2ccccn2)cc1Br. The molecule has 0 aliphatic carbocycles. The summed E-state index contributed by atoms with van der Waals surface area (Å²) in [4.78, 5) is 31.8. The highest BCUT2D eigenvalue weighted by Crippen LogP contribution is 2.42. The fourth-order valence-corrected chi connectivity index (χ4v) is 4.15. The predicted octanol–water partition coefficient (Wildman–Crippen LogP) is 5.13. The molecule has 2 aromatic carbocycles. The first-order valence-electron chi connectivity index (χ1n) is 9.23. The van der Waals surface area contributed by atoms with Crippen molar-refractivity contribution < 1.29 is 19.4 Å². The molecule has 3 aromatic rings. The van der Waals surface area contributed by atoms with Crippen molar-refractivity contribution in [1.82, 2.24) is 4.98 Å². The van der Waals surface area contributed by atoms with Crippen molar-refractivity contribution in [3.05, 3.63) is 93.2 Å². The third kappa shape index (κ3) is 3.82. The number of ketones is 1. The van der Waals surface area contributed by atoms with Gasteiger partial charge in [0, 0.05) is 22.5 Å². The van der Waals surface area contributed by atoms with Gasteiger partial charge in [-0.05, 0) is 70.5 Å². The maximum Gasteiger partial charge on any atom is 0.300 e. The van der Waals surface area contributed by atoms with Crippen LogP contribution in [-0.4, -0.2) is 28.9 Å². The summed E-state index contributed by atoms with van der Waals surface area (Å²) in [5, 5.41) is 11.6. The summed E-state index contributed by atoms with van der Waals surface area (Å²) in [6.07, 6.45) is 1.57. The maximum atomic E-state index is 13.1. The van der Waals surface area contributed by atoms with Crippen LogP contribution < -0.4 is 9.64 Å². The Morgan fingerprint density at radius 1 is 1.13 bits per heavy atom. The third-order valence-electron chi connectivity index (χ3n) is 4.94. The van der Waals surface area contributed by atoms with Crippen LogP contribution in [-0.2, 0) is 9.59 Å². The number of pyridine rings is 1. The molecule has 0 spiro atoms. The molecule has 6 nitrogen and oxygen atoms in total. The summed E-state index contributed by atoms with van der Waals surface area (Å²) in [6, 6.07) is 15.7.